The maximum atomic E-state index is 10.9. The highest BCUT2D eigenvalue weighted by Crippen LogP contribution is 2.55. The molecule has 0 aliphatic heterocycles. The lowest BCUT2D eigenvalue weighted by atomic mass is 9.52. The van der Waals surface area contributed by atoms with E-state index < -0.39 is 17.0 Å². The number of carboxylic acids is 1. The van der Waals surface area contributed by atoms with Gasteiger partial charge in [0.1, 0.15) is 0 Å². The van der Waals surface area contributed by atoms with Crippen molar-refractivity contribution in [2.45, 2.75) is 46.1 Å². The summed E-state index contributed by atoms with van der Waals surface area (Å²) in [7, 11) is 0. The van der Waals surface area contributed by atoms with E-state index in [0.29, 0.717) is 12.8 Å². The van der Waals surface area contributed by atoms with E-state index in [9.17, 15) is 9.90 Å². The van der Waals surface area contributed by atoms with Gasteiger partial charge >= 0.3 is 5.97 Å². The Hall–Kier alpha value is -0.570. The van der Waals surface area contributed by atoms with Crippen molar-refractivity contribution >= 4 is 5.97 Å². The van der Waals surface area contributed by atoms with Gasteiger partial charge in [0.2, 0.25) is 0 Å². The first kappa shape index (κ1) is 10.5. The van der Waals surface area contributed by atoms with Gasteiger partial charge in [-0.3, -0.25) is 4.79 Å². The highest BCUT2D eigenvalue weighted by molar-refractivity contribution is 5.75. The summed E-state index contributed by atoms with van der Waals surface area (Å²) in [6.07, 6.45) is 1.14. The molecule has 0 atom stereocenters. The average Bonchev–Trinajstić information content (AvgIpc) is 1.81. The van der Waals surface area contributed by atoms with Crippen LogP contribution in [0.2, 0.25) is 0 Å². The largest absolute Gasteiger partial charge is 0.481 e. The lowest BCUT2D eigenvalue weighted by Gasteiger charge is -2.55. The molecular formula is C10H18O3. The van der Waals surface area contributed by atoms with Crippen LogP contribution in [0.25, 0.3) is 0 Å². The predicted octanol–water partition coefficient (Wildman–Crippen LogP) is 1.65. The van der Waals surface area contributed by atoms with Crippen LogP contribution in [0.3, 0.4) is 0 Å². The molecule has 3 heteroatoms. The van der Waals surface area contributed by atoms with Crippen LogP contribution >= 0.6 is 0 Å². The van der Waals surface area contributed by atoms with Crippen molar-refractivity contribution < 1.29 is 15.0 Å². The number of hydrogen-bond acceptors (Lipinski definition) is 2. The molecule has 0 amide bonds. The minimum atomic E-state index is -1.04. The lowest BCUT2D eigenvalue weighted by Crippen LogP contribution is -2.60. The number of aliphatic hydroxyl groups is 1. The second-order valence-corrected chi connectivity index (χ2v) is 5.48. The fourth-order valence-corrected chi connectivity index (χ4v) is 2.17. The molecule has 0 aromatic heterocycles. The van der Waals surface area contributed by atoms with E-state index in [1.165, 1.54) is 0 Å². The maximum absolute atomic E-state index is 10.9. The average molecular weight is 186 g/mol. The van der Waals surface area contributed by atoms with E-state index in [0.717, 1.165) is 0 Å². The molecule has 1 rings (SSSR count). The second-order valence-electron chi connectivity index (χ2n) is 5.48. The molecule has 0 bridgehead atoms. The summed E-state index contributed by atoms with van der Waals surface area (Å²) in [5, 5.41) is 19.0. The van der Waals surface area contributed by atoms with Crippen molar-refractivity contribution in [1.82, 2.24) is 0 Å². The summed E-state index contributed by atoms with van der Waals surface area (Å²) < 4.78 is 0. The van der Waals surface area contributed by atoms with E-state index in [4.69, 9.17) is 5.11 Å². The topological polar surface area (TPSA) is 57.5 Å². The Morgan fingerprint density at radius 3 is 1.92 bits per heavy atom. The van der Waals surface area contributed by atoms with Crippen molar-refractivity contribution in [3.63, 3.8) is 0 Å². The van der Waals surface area contributed by atoms with Gasteiger partial charge in [-0.2, -0.15) is 0 Å². The molecule has 0 aromatic carbocycles. The lowest BCUT2D eigenvalue weighted by molar-refractivity contribution is -0.201. The molecule has 0 unspecified atom stereocenters. The first-order chi connectivity index (χ1) is 5.61. The zero-order valence-electron chi connectivity index (χ0n) is 8.72. The molecule has 1 saturated carbocycles. The molecule has 1 aliphatic carbocycles. The Balaban J connectivity index is 2.80. The Morgan fingerprint density at radius 1 is 1.31 bits per heavy atom. The predicted molar refractivity (Wildman–Crippen MR) is 49.4 cm³/mol. The summed E-state index contributed by atoms with van der Waals surface area (Å²) >= 11 is 0. The second kappa shape index (κ2) is 2.47. The first-order valence-electron chi connectivity index (χ1n) is 4.57. The molecule has 0 saturated heterocycles. The molecule has 0 aromatic rings. The number of rotatable bonds is 2. The highest BCUT2D eigenvalue weighted by atomic mass is 16.4. The Kier molecular flexibility index (Phi) is 2.00. The quantitative estimate of drug-likeness (QED) is 0.689. The van der Waals surface area contributed by atoms with E-state index in [2.05, 4.69) is 0 Å². The van der Waals surface area contributed by atoms with Crippen molar-refractivity contribution in [2.75, 3.05) is 0 Å². The number of carboxylic acid groups (broad SMARTS) is 1. The van der Waals surface area contributed by atoms with E-state index in [1.807, 2.05) is 13.8 Å². The summed E-state index contributed by atoms with van der Waals surface area (Å²) in [6.45, 7) is 7.26. The van der Waals surface area contributed by atoms with Gasteiger partial charge in [-0.25, -0.2) is 0 Å². The van der Waals surface area contributed by atoms with E-state index in [1.54, 1.807) is 13.8 Å². The summed E-state index contributed by atoms with van der Waals surface area (Å²) in [4.78, 5) is 10.9. The van der Waals surface area contributed by atoms with E-state index in [-0.39, 0.29) is 5.41 Å². The van der Waals surface area contributed by atoms with E-state index >= 15 is 0 Å². The zero-order valence-corrected chi connectivity index (χ0v) is 8.72. The molecule has 13 heavy (non-hydrogen) atoms. The smallest absolute Gasteiger partial charge is 0.312 e. The molecule has 0 spiro atoms. The number of carbonyl (C=O) groups is 1. The Labute approximate surface area is 78.8 Å². The molecule has 2 N–H and O–H groups in total. The van der Waals surface area contributed by atoms with Crippen molar-refractivity contribution in [3.05, 3.63) is 0 Å². The van der Waals surface area contributed by atoms with Crippen LogP contribution in [0.15, 0.2) is 0 Å². The van der Waals surface area contributed by atoms with Crippen LogP contribution in [0.4, 0.5) is 0 Å². The van der Waals surface area contributed by atoms with Gasteiger partial charge in [0.25, 0.3) is 0 Å². The monoisotopic (exact) mass is 186 g/mol. The van der Waals surface area contributed by atoms with Crippen LogP contribution in [-0.2, 0) is 4.79 Å². The molecule has 3 nitrogen and oxygen atoms in total. The minimum absolute atomic E-state index is 0.0848. The highest BCUT2D eigenvalue weighted by Gasteiger charge is 2.59. The molecule has 1 fully saturated rings. The van der Waals surface area contributed by atoms with Gasteiger partial charge in [-0.1, -0.05) is 13.8 Å². The van der Waals surface area contributed by atoms with Crippen LogP contribution in [0.1, 0.15) is 40.5 Å². The number of aliphatic carboxylic acids is 1. The fraction of sp³-hybridized carbons (Fsp3) is 0.900. The third-order valence-electron chi connectivity index (χ3n) is 3.24. The van der Waals surface area contributed by atoms with Gasteiger partial charge in [-0.15, -0.1) is 0 Å². The summed E-state index contributed by atoms with van der Waals surface area (Å²) in [5.41, 5.74) is -1.98. The Morgan fingerprint density at radius 2 is 1.69 bits per heavy atom. The van der Waals surface area contributed by atoms with Crippen LogP contribution in [0.5, 0.6) is 0 Å². The Bertz CT molecular complexity index is 233. The first-order valence-corrected chi connectivity index (χ1v) is 4.57. The molecular weight excluding hydrogens is 168 g/mol. The van der Waals surface area contributed by atoms with Gasteiger partial charge in [-0.05, 0) is 32.1 Å². The maximum Gasteiger partial charge on any atom is 0.312 e. The zero-order chi connectivity index (χ0) is 10.5. The van der Waals surface area contributed by atoms with Gasteiger partial charge < -0.3 is 10.2 Å². The van der Waals surface area contributed by atoms with Crippen molar-refractivity contribution in [2.24, 2.45) is 10.8 Å². The molecule has 76 valence electrons. The van der Waals surface area contributed by atoms with Gasteiger partial charge in [0, 0.05) is 0 Å². The third-order valence-corrected chi connectivity index (χ3v) is 3.24. The van der Waals surface area contributed by atoms with Crippen LogP contribution in [0, 0.1) is 10.8 Å². The normalized spacial score (nSPS) is 25.0. The van der Waals surface area contributed by atoms with Crippen LogP contribution < -0.4 is 0 Å². The molecule has 0 heterocycles. The van der Waals surface area contributed by atoms with Gasteiger partial charge in [0.05, 0.1) is 11.0 Å². The van der Waals surface area contributed by atoms with Crippen molar-refractivity contribution in [3.8, 4) is 0 Å². The molecule has 0 radical (unpaired) electrons. The summed E-state index contributed by atoms with van der Waals surface area (Å²) in [5.74, 6) is -0.925. The van der Waals surface area contributed by atoms with Crippen LogP contribution in [-0.4, -0.2) is 21.8 Å². The van der Waals surface area contributed by atoms with Crippen molar-refractivity contribution in [1.29, 1.82) is 0 Å². The standard InChI is InChI=1S/C10H18O3/c1-8(2)5-10(13,6-8)9(3,4)7(11)12/h13H,5-6H2,1-4H3,(H,11,12). The third kappa shape index (κ3) is 1.46. The fourth-order valence-electron chi connectivity index (χ4n) is 2.17. The van der Waals surface area contributed by atoms with Gasteiger partial charge in [0.15, 0.2) is 0 Å². The molecule has 1 aliphatic rings. The summed E-state index contributed by atoms with van der Waals surface area (Å²) in [6, 6.07) is 0. The SMILES string of the molecule is CC1(C)CC(O)(C(C)(C)C(=O)O)C1. The minimum Gasteiger partial charge on any atom is -0.481 e. The number of hydrogen-bond donors (Lipinski definition) is 2.